The van der Waals surface area contributed by atoms with E-state index in [2.05, 4.69) is 107 Å². The van der Waals surface area contributed by atoms with E-state index in [9.17, 15) is 14.4 Å². The number of esters is 1. The molecule has 3 aromatic rings. The highest BCUT2D eigenvalue weighted by molar-refractivity contribution is 8.14. The summed E-state index contributed by atoms with van der Waals surface area (Å²) in [6.07, 6.45) is 3.31. The molecule has 0 saturated carbocycles. The van der Waals surface area contributed by atoms with Crippen molar-refractivity contribution in [2.45, 2.75) is 37.5 Å². The monoisotopic (exact) mass is 625 g/mol. The number of hydrogen-bond acceptors (Lipinski definition) is 7. The van der Waals surface area contributed by atoms with Crippen molar-refractivity contribution < 1.29 is 19.1 Å². The fourth-order valence-electron chi connectivity index (χ4n) is 6.62. The number of ether oxygens (including phenoxy) is 1. The van der Waals surface area contributed by atoms with Gasteiger partial charge in [-0.3, -0.25) is 24.2 Å². The number of benzene rings is 3. The van der Waals surface area contributed by atoms with Crippen molar-refractivity contribution in [2.24, 2.45) is 0 Å². The molecular formula is C37H43N3O4S. The van der Waals surface area contributed by atoms with Gasteiger partial charge in [0.25, 0.3) is 0 Å². The maximum Gasteiger partial charge on any atom is 0.307 e. The van der Waals surface area contributed by atoms with Gasteiger partial charge >= 0.3 is 5.97 Å². The van der Waals surface area contributed by atoms with E-state index >= 15 is 0 Å². The fraction of sp³-hybridized carbons (Fsp3) is 0.378. The van der Waals surface area contributed by atoms with Gasteiger partial charge in [0.1, 0.15) is 0 Å². The minimum Gasteiger partial charge on any atom is -0.466 e. The fourth-order valence-corrected chi connectivity index (χ4v) is 7.56. The summed E-state index contributed by atoms with van der Waals surface area (Å²) >= 11 is 1.41. The molecule has 236 valence electrons. The molecule has 1 unspecified atom stereocenters. The van der Waals surface area contributed by atoms with Gasteiger partial charge in [-0.15, -0.1) is 0 Å². The summed E-state index contributed by atoms with van der Waals surface area (Å²) in [4.78, 5) is 43.6. The number of amides is 1. The van der Waals surface area contributed by atoms with Crippen molar-refractivity contribution in [1.29, 1.82) is 0 Å². The molecule has 3 aromatic carbocycles. The van der Waals surface area contributed by atoms with Gasteiger partial charge in [-0.1, -0.05) is 109 Å². The van der Waals surface area contributed by atoms with E-state index < -0.39 is 5.54 Å². The summed E-state index contributed by atoms with van der Waals surface area (Å²) in [5, 5.41) is 0.200. The molecule has 0 radical (unpaired) electrons. The molecule has 0 aromatic heterocycles. The molecule has 1 atom stereocenters. The van der Waals surface area contributed by atoms with Crippen molar-refractivity contribution in [1.82, 2.24) is 14.7 Å². The molecule has 2 saturated heterocycles. The van der Waals surface area contributed by atoms with E-state index in [0.29, 0.717) is 39.3 Å². The molecule has 0 spiro atoms. The van der Waals surface area contributed by atoms with Crippen LogP contribution in [0.3, 0.4) is 0 Å². The molecule has 0 aliphatic carbocycles. The first kappa shape index (κ1) is 32.7. The van der Waals surface area contributed by atoms with Crippen LogP contribution in [-0.4, -0.2) is 89.4 Å². The molecule has 2 fully saturated rings. The molecule has 45 heavy (non-hydrogen) atoms. The highest BCUT2D eigenvalue weighted by Crippen LogP contribution is 2.45. The second-order valence-electron chi connectivity index (χ2n) is 11.6. The van der Waals surface area contributed by atoms with Gasteiger partial charge in [-0.25, -0.2) is 0 Å². The normalized spacial score (nSPS) is 19.1. The standard InChI is InChI=1S/C37H43N3O4S/c1-3-44-36(43)21-23-39-26-25-38(28-35(39)42)22-19-30-27-40(24-20-34(30)45-29(2)41)37(31-13-7-4-8-14-31,32-15-9-5-10-16-32)33-17-11-6-12-18-33/h4-19,34H,3,20-28H2,1-2H3/b30-19+. The minimum atomic E-state index is -0.532. The van der Waals surface area contributed by atoms with E-state index in [-0.39, 0.29) is 28.7 Å². The quantitative estimate of drug-likeness (QED) is 0.162. The summed E-state index contributed by atoms with van der Waals surface area (Å²) in [6, 6.07) is 32.1. The molecular weight excluding hydrogens is 582 g/mol. The Morgan fingerprint density at radius 2 is 1.44 bits per heavy atom. The zero-order valence-corrected chi connectivity index (χ0v) is 27.1. The summed E-state index contributed by atoms with van der Waals surface area (Å²) in [5.74, 6) is -0.244. The number of hydrogen-bond donors (Lipinski definition) is 0. The van der Waals surface area contributed by atoms with Crippen LogP contribution in [0.4, 0.5) is 0 Å². The Morgan fingerprint density at radius 1 is 0.867 bits per heavy atom. The van der Waals surface area contributed by atoms with Gasteiger partial charge in [0, 0.05) is 51.4 Å². The van der Waals surface area contributed by atoms with Crippen LogP contribution in [0.2, 0.25) is 0 Å². The van der Waals surface area contributed by atoms with Gasteiger partial charge in [-0.2, -0.15) is 0 Å². The SMILES string of the molecule is CCOC(=O)CCN1CCN(C/C=C2\CN(C(c3ccccc3)(c3ccccc3)c3ccccc3)CCC2SC(C)=O)CC1=O. The number of nitrogens with zero attached hydrogens (tertiary/aromatic N) is 3. The van der Waals surface area contributed by atoms with E-state index in [1.165, 1.54) is 34.0 Å². The number of piperazine rings is 1. The van der Waals surface area contributed by atoms with Crippen LogP contribution in [-0.2, 0) is 24.7 Å². The molecule has 7 nitrogen and oxygen atoms in total. The van der Waals surface area contributed by atoms with Crippen molar-refractivity contribution in [3.8, 4) is 0 Å². The van der Waals surface area contributed by atoms with E-state index in [1.807, 2.05) is 0 Å². The zero-order valence-electron chi connectivity index (χ0n) is 26.3. The summed E-state index contributed by atoms with van der Waals surface area (Å²) < 4.78 is 5.02. The Morgan fingerprint density at radius 3 is 1.96 bits per heavy atom. The average Bonchev–Trinajstić information content (AvgIpc) is 3.06. The van der Waals surface area contributed by atoms with Gasteiger partial charge in [0.2, 0.25) is 5.91 Å². The molecule has 1 amide bonds. The predicted octanol–water partition coefficient (Wildman–Crippen LogP) is 5.36. The predicted molar refractivity (Wildman–Crippen MR) is 180 cm³/mol. The third kappa shape index (κ3) is 7.75. The Kier molecular flexibility index (Phi) is 11.3. The lowest BCUT2D eigenvalue weighted by Gasteiger charge is -2.49. The molecule has 0 N–H and O–H groups in total. The molecule has 2 aliphatic rings. The largest absolute Gasteiger partial charge is 0.466 e. The van der Waals surface area contributed by atoms with Gasteiger partial charge < -0.3 is 9.64 Å². The Hall–Kier alpha value is -3.72. The number of piperidine rings is 1. The van der Waals surface area contributed by atoms with Crippen LogP contribution in [0.15, 0.2) is 103 Å². The second kappa shape index (κ2) is 15.5. The van der Waals surface area contributed by atoms with E-state index in [1.54, 1.807) is 18.7 Å². The number of carbonyl (C=O) groups is 3. The molecule has 2 heterocycles. The number of likely N-dealkylation sites (tertiary alicyclic amines) is 1. The second-order valence-corrected chi connectivity index (χ2v) is 12.9. The summed E-state index contributed by atoms with van der Waals surface area (Å²) in [6.45, 7) is 7.92. The number of thioether (sulfide) groups is 1. The molecule has 0 bridgehead atoms. The molecule has 2 aliphatic heterocycles. The lowest BCUT2D eigenvalue weighted by Crippen LogP contribution is -2.53. The number of rotatable bonds is 11. The first-order valence-corrected chi connectivity index (χ1v) is 16.7. The number of carbonyl (C=O) groups excluding carboxylic acids is 3. The smallest absolute Gasteiger partial charge is 0.307 e. The Balaban J connectivity index is 1.43. The Bertz CT molecular complexity index is 1370. The lowest BCUT2D eigenvalue weighted by molar-refractivity contribution is -0.144. The lowest BCUT2D eigenvalue weighted by atomic mass is 9.74. The Labute approximate surface area is 271 Å². The van der Waals surface area contributed by atoms with E-state index in [0.717, 1.165) is 19.5 Å². The third-order valence-corrected chi connectivity index (χ3v) is 9.86. The van der Waals surface area contributed by atoms with Crippen molar-refractivity contribution in [3.63, 3.8) is 0 Å². The molecule has 5 rings (SSSR count). The first-order chi connectivity index (χ1) is 21.9. The highest BCUT2D eigenvalue weighted by Gasteiger charge is 2.44. The topological polar surface area (TPSA) is 70.2 Å². The third-order valence-electron chi connectivity index (χ3n) is 8.71. The zero-order chi connectivity index (χ0) is 31.6. The summed E-state index contributed by atoms with van der Waals surface area (Å²) in [7, 11) is 0. The van der Waals surface area contributed by atoms with Crippen LogP contribution in [0.1, 0.15) is 43.4 Å². The van der Waals surface area contributed by atoms with Crippen LogP contribution in [0.25, 0.3) is 0 Å². The van der Waals surface area contributed by atoms with Gasteiger partial charge in [-0.05, 0) is 35.6 Å². The maximum atomic E-state index is 12.9. The highest BCUT2D eigenvalue weighted by atomic mass is 32.2. The molecule has 8 heteroatoms. The average molecular weight is 626 g/mol. The van der Waals surface area contributed by atoms with Crippen LogP contribution < -0.4 is 0 Å². The first-order valence-electron chi connectivity index (χ1n) is 15.8. The van der Waals surface area contributed by atoms with Crippen molar-refractivity contribution in [2.75, 3.05) is 52.4 Å². The minimum absolute atomic E-state index is 0.0279. The van der Waals surface area contributed by atoms with E-state index in [4.69, 9.17) is 4.74 Å². The van der Waals surface area contributed by atoms with Crippen LogP contribution in [0, 0.1) is 0 Å². The van der Waals surface area contributed by atoms with Crippen molar-refractivity contribution in [3.05, 3.63) is 119 Å². The van der Waals surface area contributed by atoms with Gasteiger partial charge in [0.15, 0.2) is 5.12 Å². The van der Waals surface area contributed by atoms with Crippen molar-refractivity contribution >= 4 is 28.8 Å². The van der Waals surface area contributed by atoms with Gasteiger partial charge in [0.05, 0.1) is 25.1 Å². The summed E-state index contributed by atoms with van der Waals surface area (Å²) in [5.41, 5.74) is 4.28. The van der Waals surface area contributed by atoms with Crippen LogP contribution in [0.5, 0.6) is 0 Å². The maximum absolute atomic E-state index is 12.9. The van der Waals surface area contributed by atoms with Crippen LogP contribution >= 0.6 is 11.8 Å².